The third-order valence-corrected chi connectivity index (χ3v) is 10.6. The van der Waals surface area contributed by atoms with Gasteiger partial charge in [-0.1, -0.05) is 82.3 Å². The Morgan fingerprint density at radius 2 is 0.923 bits per heavy atom. The lowest BCUT2D eigenvalue weighted by molar-refractivity contribution is 0.0893. The molecule has 2 amide bonds. The number of fused-ring (bicyclic) bond motifs is 2. The zero-order valence-corrected chi connectivity index (χ0v) is 29.3. The Labute approximate surface area is 301 Å². The number of hydrogen-bond donors (Lipinski definition) is 2. The molecule has 0 aliphatic carbocycles. The number of para-hydroxylation sites is 1. The number of imide groups is 1. The molecule has 0 aromatic heterocycles. The van der Waals surface area contributed by atoms with Crippen LogP contribution in [0.15, 0.2) is 121 Å². The van der Waals surface area contributed by atoms with Gasteiger partial charge in [0.25, 0.3) is 11.8 Å². The maximum Gasteiger partial charge on any atom is 0.266 e. The molecule has 0 fully saturated rings. The number of benzene rings is 8. The number of rotatable bonds is 6. The van der Waals surface area contributed by atoms with E-state index < -0.39 is 0 Å². The predicted molar refractivity (Wildman–Crippen MR) is 211 cm³/mol. The van der Waals surface area contributed by atoms with Gasteiger partial charge in [0.2, 0.25) is 0 Å². The lowest BCUT2D eigenvalue weighted by Gasteiger charge is -2.33. The second-order valence-electron chi connectivity index (χ2n) is 14.3. The van der Waals surface area contributed by atoms with E-state index in [0.29, 0.717) is 22.2 Å². The summed E-state index contributed by atoms with van der Waals surface area (Å²) in [5.41, 5.74) is 6.34. The average molecular weight is 681 g/mol. The number of anilines is 4. The van der Waals surface area contributed by atoms with Crippen LogP contribution in [-0.4, -0.2) is 22.0 Å². The summed E-state index contributed by atoms with van der Waals surface area (Å²) in [7, 11) is 0. The van der Waals surface area contributed by atoms with Gasteiger partial charge in [0.1, 0.15) is 11.5 Å². The van der Waals surface area contributed by atoms with Gasteiger partial charge in [-0.05, 0) is 122 Å². The molecule has 2 N–H and O–H groups in total. The standard InChI is InChI=1S/C46H36N2O4/c1-25(2)31-7-5-8-32(26(3)4)44(31)48-45(51)38-21-19-35-33-9-6-10-37-40(47(27-11-15-29(49)16-12-27)28-13-17-30(50)18-14-28)24-23-34(41(33)37)36-20-22-39(46(48)52)43(38)42(35)36/h5-26,49-50H,1-4H3. The summed E-state index contributed by atoms with van der Waals surface area (Å²) >= 11 is 0. The van der Waals surface area contributed by atoms with Crippen molar-refractivity contribution in [3.8, 4) is 11.5 Å². The molecule has 254 valence electrons. The van der Waals surface area contributed by atoms with Gasteiger partial charge in [-0.15, -0.1) is 0 Å². The highest BCUT2D eigenvalue weighted by Gasteiger charge is 2.38. The van der Waals surface area contributed by atoms with E-state index in [1.165, 1.54) is 4.90 Å². The highest BCUT2D eigenvalue weighted by atomic mass is 16.3. The van der Waals surface area contributed by atoms with Gasteiger partial charge in [-0.2, -0.15) is 0 Å². The van der Waals surface area contributed by atoms with Crippen LogP contribution in [-0.2, 0) is 0 Å². The Bertz CT molecular complexity index is 2610. The number of carbonyl (C=O) groups is 2. The van der Waals surface area contributed by atoms with E-state index in [-0.39, 0.29) is 35.1 Å². The molecule has 6 heteroatoms. The summed E-state index contributed by atoms with van der Waals surface area (Å²) < 4.78 is 0. The molecular weight excluding hydrogens is 645 g/mol. The lowest BCUT2D eigenvalue weighted by atomic mass is 9.83. The number of aromatic hydroxyl groups is 2. The van der Waals surface area contributed by atoms with Crippen molar-refractivity contribution in [2.75, 3.05) is 9.80 Å². The van der Waals surface area contributed by atoms with Crippen LogP contribution in [0.2, 0.25) is 0 Å². The maximum absolute atomic E-state index is 14.6. The van der Waals surface area contributed by atoms with Gasteiger partial charge in [0, 0.05) is 33.3 Å². The second kappa shape index (κ2) is 11.6. The number of hydrogen-bond acceptors (Lipinski definition) is 5. The Balaban J connectivity index is 1.30. The number of phenolic OH excluding ortho intramolecular Hbond substituents is 2. The van der Waals surface area contributed by atoms with E-state index >= 15 is 0 Å². The molecule has 0 unspecified atom stereocenters. The number of carbonyl (C=O) groups excluding carboxylic acids is 2. The van der Waals surface area contributed by atoms with Gasteiger partial charge in [-0.3, -0.25) is 9.59 Å². The largest absolute Gasteiger partial charge is 0.508 e. The van der Waals surface area contributed by atoms with Crippen LogP contribution in [0.3, 0.4) is 0 Å². The smallest absolute Gasteiger partial charge is 0.266 e. The molecule has 8 aromatic carbocycles. The zero-order valence-electron chi connectivity index (χ0n) is 29.3. The van der Waals surface area contributed by atoms with Crippen LogP contribution < -0.4 is 9.80 Å². The summed E-state index contributed by atoms with van der Waals surface area (Å²) in [5.74, 6) is -0.0122. The number of nitrogens with zero attached hydrogens (tertiary/aromatic N) is 2. The number of amides is 2. The number of phenols is 2. The van der Waals surface area contributed by atoms with E-state index in [9.17, 15) is 19.8 Å². The van der Waals surface area contributed by atoms with Crippen molar-refractivity contribution in [3.63, 3.8) is 0 Å². The normalized spacial score (nSPS) is 13.2. The summed E-state index contributed by atoms with van der Waals surface area (Å²) in [6.07, 6.45) is 0. The summed E-state index contributed by atoms with van der Waals surface area (Å²) in [5, 5.41) is 27.9. The fraction of sp³-hybridized carbons (Fsp3) is 0.130. The second-order valence-corrected chi connectivity index (χ2v) is 14.3. The topological polar surface area (TPSA) is 81.1 Å². The maximum atomic E-state index is 14.6. The van der Waals surface area contributed by atoms with Crippen LogP contribution in [0.1, 0.15) is 71.4 Å². The molecule has 9 rings (SSSR count). The third-order valence-electron chi connectivity index (χ3n) is 10.6. The fourth-order valence-electron chi connectivity index (χ4n) is 8.27. The highest BCUT2D eigenvalue weighted by Crippen LogP contribution is 2.49. The molecule has 6 nitrogen and oxygen atoms in total. The molecule has 0 saturated carbocycles. The lowest BCUT2D eigenvalue weighted by Crippen LogP contribution is -2.41. The fourth-order valence-corrected chi connectivity index (χ4v) is 8.27. The van der Waals surface area contributed by atoms with Crippen molar-refractivity contribution in [2.24, 2.45) is 0 Å². The minimum absolute atomic E-state index is 0.118. The first-order valence-electron chi connectivity index (χ1n) is 17.7. The Kier molecular flexibility index (Phi) is 7.03. The van der Waals surface area contributed by atoms with Gasteiger partial charge in [0.15, 0.2) is 0 Å². The van der Waals surface area contributed by atoms with Crippen LogP contribution >= 0.6 is 0 Å². The van der Waals surface area contributed by atoms with E-state index in [1.807, 2.05) is 72.8 Å². The molecule has 0 spiro atoms. The van der Waals surface area contributed by atoms with E-state index in [1.54, 1.807) is 24.3 Å². The molecule has 0 bridgehead atoms. The minimum Gasteiger partial charge on any atom is -0.508 e. The van der Waals surface area contributed by atoms with Gasteiger partial charge in [-0.25, -0.2) is 4.90 Å². The van der Waals surface area contributed by atoms with Crippen LogP contribution in [0, 0.1) is 0 Å². The van der Waals surface area contributed by atoms with Crippen LogP contribution in [0.5, 0.6) is 11.5 Å². The zero-order chi connectivity index (χ0) is 36.0. The highest BCUT2D eigenvalue weighted by molar-refractivity contribution is 6.42. The summed E-state index contributed by atoms with van der Waals surface area (Å²) in [4.78, 5) is 32.8. The molecule has 0 atom stereocenters. The predicted octanol–water partition coefficient (Wildman–Crippen LogP) is 11.7. The van der Waals surface area contributed by atoms with Crippen molar-refractivity contribution >= 4 is 77.7 Å². The molecule has 8 aromatic rings. The first-order chi connectivity index (χ1) is 25.1. The van der Waals surface area contributed by atoms with Crippen molar-refractivity contribution in [3.05, 3.63) is 144 Å². The third kappa shape index (κ3) is 4.50. The Hall–Kier alpha value is -6.40. The van der Waals surface area contributed by atoms with E-state index in [2.05, 4.69) is 56.9 Å². The summed E-state index contributed by atoms with van der Waals surface area (Å²) in [6, 6.07) is 38.6. The Morgan fingerprint density at radius 3 is 1.44 bits per heavy atom. The Morgan fingerprint density at radius 1 is 0.481 bits per heavy atom. The van der Waals surface area contributed by atoms with Crippen LogP contribution in [0.4, 0.5) is 22.7 Å². The monoisotopic (exact) mass is 680 g/mol. The van der Waals surface area contributed by atoms with E-state index in [4.69, 9.17) is 0 Å². The van der Waals surface area contributed by atoms with Crippen LogP contribution in [0.25, 0.3) is 43.1 Å². The summed E-state index contributed by atoms with van der Waals surface area (Å²) in [6.45, 7) is 8.39. The molecule has 52 heavy (non-hydrogen) atoms. The minimum atomic E-state index is -0.297. The van der Waals surface area contributed by atoms with Gasteiger partial charge in [0.05, 0.1) is 11.4 Å². The molecule has 0 radical (unpaired) electrons. The molecule has 1 aliphatic rings. The van der Waals surface area contributed by atoms with Crippen molar-refractivity contribution < 1.29 is 19.8 Å². The van der Waals surface area contributed by atoms with Gasteiger partial charge < -0.3 is 15.1 Å². The molecule has 0 saturated heterocycles. The SMILES string of the molecule is CC(C)c1cccc(C(C)C)c1N1C(=O)c2ccc3c4cccc5c(N(c6ccc(O)cc6)c6ccc(O)cc6)ccc(c6ccc(c2c36)C1=O)c54. The molecular formula is C46H36N2O4. The molecule has 1 aliphatic heterocycles. The van der Waals surface area contributed by atoms with Crippen molar-refractivity contribution in [2.45, 2.75) is 39.5 Å². The van der Waals surface area contributed by atoms with E-state index in [0.717, 1.165) is 65.9 Å². The first kappa shape index (κ1) is 31.6. The average Bonchev–Trinajstić information content (AvgIpc) is 3.14. The van der Waals surface area contributed by atoms with Gasteiger partial charge >= 0.3 is 0 Å². The quantitative estimate of drug-likeness (QED) is 0.104. The van der Waals surface area contributed by atoms with Crippen molar-refractivity contribution in [1.82, 2.24) is 0 Å². The first-order valence-corrected chi connectivity index (χ1v) is 17.7. The van der Waals surface area contributed by atoms with Crippen molar-refractivity contribution in [1.29, 1.82) is 0 Å². The molecule has 1 heterocycles.